The van der Waals surface area contributed by atoms with Gasteiger partial charge in [0.2, 0.25) is 0 Å². The van der Waals surface area contributed by atoms with Gasteiger partial charge in [0.15, 0.2) is 0 Å². The van der Waals surface area contributed by atoms with Crippen molar-refractivity contribution in [3.63, 3.8) is 0 Å². The standard InChI is InChI=1S/C10H18O4/c11-6-8-14-7-5-10(9(12)13)3-1-2-4-10/h11H,1-8H2,(H,12,13). The molecular weight excluding hydrogens is 184 g/mol. The maximum Gasteiger partial charge on any atom is 0.309 e. The molecule has 0 aliphatic heterocycles. The predicted octanol–water partition coefficient (Wildman–Crippen LogP) is 1.03. The average Bonchev–Trinajstić information content (AvgIpc) is 2.62. The van der Waals surface area contributed by atoms with Gasteiger partial charge in [0.25, 0.3) is 0 Å². The van der Waals surface area contributed by atoms with Crippen molar-refractivity contribution in [1.29, 1.82) is 0 Å². The minimum Gasteiger partial charge on any atom is -0.481 e. The topological polar surface area (TPSA) is 66.8 Å². The summed E-state index contributed by atoms with van der Waals surface area (Å²) in [6.07, 6.45) is 4.12. The molecule has 0 spiro atoms. The van der Waals surface area contributed by atoms with E-state index in [0.29, 0.717) is 19.6 Å². The summed E-state index contributed by atoms with van der Waals surface area (Å²) in [6.45, 7) is 0.739. The summed E-state index contributed by atoms with van der Waals surface area (Å²) in [5, 5.41) is 17.6. The Balaban J connectivity index is 2.33. The van der Waals surface area contributed by atoms with Crippen molar-refractivity contribution >= 4 is 5.97 Å². The molecule has 1 fully saturated rings. The van der Waals surface area contributed by atoms with E-state index in [1.165, 1.54) is 0 Å². The number of carbonyl (C=O) groups is 1. The zero-order valence-electron chi connectivity index (χ0n) is 8.37. The fourth-order valence-electron chi connectivity index (χ4n) is 2.06. The van der Waals surface area contributed by atoms with Gasteiger partial charge in [0, 0.05) is 6.61 Å². The first kappa shape index (κ1) is 11.5. The Hall–Kier alpha value is -0.610. The van der Waals surface area contributed by atoms with E-state index in [1.54, 1.807) is 0 Å². The minimum absolute atomic E-state index is 0.0000709. The second-order valence-corrected chi connectivity index (χ2v) is 3.88. The van der Waals surface area contributed by atoms with Crippen LogP contribution in [-0.2, 0) is 9.53 Å². The van der Waals surface area contributed by atoms with Gasteiger partial charge in [-0.15, -0.1) is 0 Å². The first-order valence-corrected chi connectivity index (χ1v) is 5.13. The van der Waals surface area contributed by atoms with Gasteiger partial charge in [-0.05, 0) is 19.3 Å². The zero-order chi connectivity index (χ0) is 10.4. The first-order chi connectivity index (χ1) is 6.71. The number of ether oxygens (including phenoxy) is 1. The molecule has 0 aromatic carbocycles. The van der Waals surface area contributed by atoms with Gasteiger partial charge < -0.3 is 14.9 Å². The van der Waals surface area contributed by atoms with Crippen LogP contribution in [0.2, 0.25) is 0 Å². The number of aliphatic hydroxyl groups is 1. The van der Waals surface area contributed by atoms with Gasteiger partial charge in [0.05, 0.1) is 18.6 Å². The first-order valence-electron chi connectivity index (χ1n) is 5.13. The molecule has 4 nitrogen and oxygen atoms in total. The van der Waals surface area contributed by atoms with Crippen LogP contribution in [0, 0.1) is 5.41 Å². The van der Waals surface area contributed by atoms with Gasteiger partial charge in [-0.25, -0.2) is 0 Å². The molecular formula is C10H18O4. The van der Waals surface area contributed by atoms with Crippen LogP contribution in [-0.4, -0.2) is 36.0 Å². The molecule has 0 saturated heterocycles. The van der Waals surface area contributed by atoms with Crippen LogP contribution in [0.3, 0.4) is 0 Å². The molecule has 0 unspecified atom stereocenters. The highest BCUT2D eigenvalue weighted by molar-refractivity contribution is 5.74. The van der Waals surface area contributed by atoms with E-state index < -0.39 is 11.4 Å². The third-order valence-electron chi connectivity index (χ3n) is 2.97. The van der Waals surface area contributed by atoms with Gasteiger partial charge in [-0.2, -0.15) is 0 Å². The normalized spacial score (nSPS) is 19.8. The highest BCUT2D eigenvalue weighted by Crippen LogP contribution is 2.41. The lowest BCUT2D eigenvalue weighted by atomic mass is 9.83. The maximum atomic E-state index is 11.1. The van der Waals surface area contributed by atoms with Crippen molar-refractivity contribution in [2.24, 2.45) is 5.41 Å². The van der Waals surface area contributed by atoms with Gasteiger partial charge in [0.1, 0.15) is 0 Å². The molecule has 82 valence electrons. The number of aliphatic hydroxyl groups excluding tert-OH is 1. The van der Waals surface area contributed by atoms with Crippen molar-refractivity contribution in [2.45, 2.75) is 32.1 Å². The van der Waals surface area contributed by atoms with Crippen molar-refractivity contribution < 1.29 is 19.7 Å². The fraction of sp³-hybridized carbons (Fsp3) is 0.900. The molecule has 0 heterocycles. The average molecular weight is 202 g/mol. The van der Waals surface area contributed by atoms with Crippen LogP contribution in [0.15, 0.2) is 0 Å². The lowest BCUT2D eigenvalue weighted by Gasteiger charge is -2.23. The molecule has 2 N–H and O–H groups in total. The monoisotopic (exact) mass is 202 g/mol. The third-order valence-corrected chi connectivity index (χ3v) is 2.97. The van der Waals surface area contributed by atoms with Crippen molar-refractivity contribution in [3.8, 4) is 0 Å². The van der Waals surface area contributed by atoms with Gasteiger partial charge in [-0.1, -0.05) is 12.8 Å². The highest BCUT2D eigenvalue weighted by atomic mass is 16.5. The largest absolute Gasteiger partial charge is 0.481 e. The smallest absolute Gasteiger partial charge is 0.309 e. The molecule has 1 aliphatic carbocycles. The number of carboxylic acid groups (broad SMARTS) is 1. The van der Waals surface area contributed by atoms with E-state index in [9.17, 15) is 4.79 Å². The van der Waals surface area contributed by atoms with E-state index >= 15 is 0 Å². The summed E-state index contributed by atoms with van der Waals surface area (Å²) in [5.41, 5.74) is -0.546. The fourth-order valence-corrected chi connectivity index (χ4v) is 2.06. The summed E-state index contributed by atoms with van der Waals surface area (Å²) in [6, 6.07) is 0. The molecule has 0 atom stereocenters. The van der Waals surface area contributed by atoms with Crippen LogP contribution in [0.4, 0.5) is 0 Å². The summed E-state index contributed by atoms with van der Waals surface area (Å²) in [7, 11) is 0. The molecule has 0 amide bonds. The van der Waals surface area contributed by atoms with E-state index in [-0.39, 0.29) is 6.61 Å². The summed E-state index contributed by atoms with van der Waals surface area (Å²) in [5.74, 6) is -0.692. The van der Waals surface area contributed by atoms with E-state index in [1.807, 2.05) is 0 Å². The molecule has 14 heavy (non-hydrogen) atoms. The van der Waals surface area contributed by atoms with Crippen LogP contribution >= 0.6 is 0 Å². The summed E-state index contributed by atoms with van der Waals surface area (Å²) in [4.78, 5) is 11.1. The summed E-state index contributed by atoms with van der Waals surface area (Å²) >= 11 is 0. The van der Waals surface area contributed by atoms with Crippen LogP contribution in [0.5, 0.6) is 0 Å². The van der Waals surface area contributed by atoms with Crippen molar-refractivity contribution in [3.05, 3.63) is 0 Å². The quantitative estimate of drug-likeness (QED) is 0.631. The molecule has 4 heteroatoms. The minimum atomic E-state index is -0.692. The van der Waals surface area contributed by atoms with Crippen LogP contribution in [0.25, 0.3) is 0 Å². The molecule has 0 radical (unpaired) electrons. The van der Waals surface area contributed by atoms with Crippen molar-refractivity contribution in [1.82, 2.24) is 0 Å². The molecule has 0 aromatic heterocycles. The number of hydrogen-bond acceptors (Lipinski definition) is 3. The zero-order valence-corrected chi connectivity index (χ0v) is 8.37. The van der Waals surface area contributed by atoms with Gasteiger partial charge in [-0.3, -0.25) is 4.79 Å². The molecule has 1 aliphatic rings. The Morgan fingerprint density at radius 2 is 1.93 bits per heavy atom. The Kier molecular flexibility index (Phi) is 4.35. The second kappa shape index (κ2) is 5.32. The predicted molar refractivity (Wildman–Crippen MR) is 51.1 cm³/mol. The Bertz CT molecular complexity index is 185. The van der Waals surface area contributed by atoms with Crippen LogP contribution in [0.1, 0.15) is 32.1 Å². The van der Waals surface area contributed by atoms with Crippen LogP contribution < -0.4 is 0 Å². The Morgan fingerprint density at radius 3 is 2.43 bits per heavy atom. The van der Waals surface area contributed by atoms with Crippen molar-refractivity contribution in [2.75, 3.05) is 19.8 Å². The summed E-state index contributed by atoms with van der Waals surface area (Å²) < 4.78 is 5.11. The number of carboxylic acids is 1. The molecule has 1 rings (SSSR count). The number of hydrogen-bond donors (Lipinski definition) is 2. The lowest BCUT2D eigenvalue weighted by Crippen LogP contribution is -2.29. The highest BCUT2D eigenvalue weighted by Gasteiger charge is 2.40. The van der Waals surface area contributed by atoms with E-state index in [0.717, 1.165) is 25.7 Å². The second-order valence-electron chi connectivity index (χ2n) is 3.88. The Morgan fingerprint density at radius 1 is 1.29 bits per heavy atom. The van der Waals surface area contributed by atoms with E-state index in [4.69, 9.17) is 14.9 Å². The number of aliphatic carboxylic acids is 1. The SMILES string of the molecule is O=C(O)C1(CCOCCO)CCCC1. The Labute approximate surface area is 83.9 Å². The molecule has 0 bridgehead atoms. The van der Waals surface area contributed by atoms with Gasteiger partial charge >= 0.3 is 5.97 Å². The van der Waals surface area contributed by atoms with E-state index in [2.05, 4.69) is 0 Å². The molecule has 0 aromatic rings. The lowest BCUT2D eigenvalue weighted by molar-refractivity contribution is -0.150. The maximum absolute atomic E-state index is 11.1. The molecule has 1 saturated carbocycles. The number of rotatable bonds is 6. The third kappa shape index (κ3) is 2.69.